The van der Waals surface area contributed by atoms with Gasteiger partial charge in [0.25, 0.3) is 0 Å². The highest BCUT2D eigenvalue weighted by atomic mass is 16.3. The molecule has 0 aliphatic heterocycles. The molecule has 0 saturated carbocycles. The Morgan fingerprint density at radius 2 is 1.60 bits per heavy atom. The highest BCUT2D eigenvalue weighted by Gasteiger charge is 2.04. The summed E-state index contributed by atoms with van der Waals surface area (Å²) in [4.78, 5) is 23.6. The van der Waals surface area contributed by atoms with Crippen molar-refractivity contribution in [2.75, 3.05) is 10.6 Å². The van der Waals surface area contributed by atoms with Crippen LogP contribution in [0.4, 0.5) is 11.4 Å². The molecule has 0 atom stereocenters. The third kappa shape index (κ3) is 6.15. The number of allylic oxidation sites excluding steroid dienone is 1. The molecule has 0 aliphatic carbocycles. The number of hydrogen-bond acceptors (Lipinski definition) is 4. The number of hydrogen-bond donors (Lipinski definition) is 3. The van der Waals surface area contributed by atoms with Crippen LogP contribution in [0.1, 0.15) is 34.0 Å². The van der Waals surface area contributed by atoms with Crippen molar-refractivity contribution in [2.45, 2.75) is 20.1 Å². The van der Waals surface area contributed by atoms with E-state index in [1.807, 2.05) is 54.6 Å². The lowest BCUT2D eigenvalue weighted by molar-refractivity contribution is -0.114. The zero-order valence-corrected chi connectivity index (χ0v) is 16.8. The van der Waals surface area contributed by atoms with Crippen molar-refractivity contribution < 1.29 is 14.7 Å². The molecule has 30 heavy (non-hydrogen) atoms. The monoisotopic (exact) mass is 400 g/mol. The first kappa shape index (κ1) is 21.0. The Morgan fingerprint density at radius 3 is 2.27 bits per heavy atom. The van der Waals surface area contributed by atoms with Gasteiger partial charge in [-0.3, -0.25) is 9.59 Å². The van der Waals surface area contributed by atoms with E-state index >= 15 is 0 Å². The first-order valence-corrected chi connectivity index (χ1v) is 9.66. The Hall–Kier alpha value is -3.70. The van der Waals surface area contributed by atoms with E-state index in [4.69, 9.17) is 5.11 Å². The number of nitrogens with one attached hydrogen (secondary N) is 2. The van der Waals surface area contributed by atoms with Gasteiger partial charge in [-0.25, -0.2) is 0 Å². The van der Waals surface area contributed by atoms with Gasteiger partial charge in [-0.05, 0) is 47.0 Å². The number of carbonyl (C=O) groups is 2. The number of aliphatic hydroxyl groups is 1. The molecule has 152 valence electrons. The van der Waals surface area contributed by atoms with Gasteiger partial charge < -0.3 is 15.7 Å². The van der Waals surface area contributed by atoms with Crippen molar-refractivity contribution >= 4 is 29.1 Å². The average Bonchev–Trinajstić information content (AvgIpc) is 2.77. The summed E-state index contributed by atoms with van der Waals surface area (Å²) >= 11 is 0. The van der Waals surface area contributed by atoms with Gasteiger partial charge in [-0.15, -0.1) is 0 Å². The van der Waals surface area contributed by atoms with Crippen molar-refractivity contribution in [3.8, 4) is 0 Å². The molecule has 0 radical (unpaired) electrons. The molecule has 0 bridgehead atoms. The Bertz CT molecular complexity index is 1040. The fraction of sp³-hybridized carbons (Fsp3) is 0.120. The highest BCUT2D eigenvalue weighted by molar-refractivity contribution is 6.07. The zero-order chi connectivity index (χ0) is 21.3. The summed E-state index contributed by atoms with van der Waals surface area (Å²) < 4.78 is 0. The van der Waals surface area contributed by atoms with E-state index in [-0.39, 0.29) is 18.3 Å². The van der Waals surface area contributed by atoms with Crippen LogP contribution < -0.4 is 10.6 Å². The van der Waals surface area contributed by atoms with E-state index in [1.54, 1.807) is 30.4 Å². The zero-order valence-electron chi connectivity index (χ0n) is 16.8. The number of amides is 1. The van der Waals surface area contributed by atoms with Gasteiger partial charge in [-0.1, -0.05) is 54.6 Å². The number of rotatable bonds is 8. The summed E-state index contributed by atoms with van der Waals surface area (Å²) in [5.41, 5.74) is 5.02. The molecule has 3 N–H and O–H groups in total. The number of carbonyl (C=O) groups excluding carboxylic acids is 2. The molecule has 0 aliphatic rings. The van der Waals surface area contributed by atoms with E-state index in [9.17, 15) is 9.59 Å². The van der Waals surface area contributed by atoms with Gasteiger partial charge in [0.05, 0.1) is 6.61 Å². The molecule has 3 rings (SSSR count). The van der Waals surface area contributed by atoms with Crippen molar-refractivity contribution in [3.63, 3.8) is 0 Å². The summed E-state index contributed by atoms with van der Waals surface area (Å²) in [6.07, 6.45) is 3.29. The molecule has 0 unspecified atom stereocenters. The van der Waals surface area contributed by atoms with Gasteiger partial charge in [-0.2, -0.15) is 0 Å². The fourth-order valence-corrected chi connectivity index (χ4v) is 2.90. The van der Waals surface area contributed by atoms with Crippen molar-refractivity contribution in [3.05, 3.63) is 101 Å². The van der Waals surface area contributed by atoms with Crippen LogP contribution >= 0.6 is 0 Å². The average molecular weight is 400 g/mol. The summed E-state index contributed by atoms with van der Waals surface area (Å²) in [5, 5.41) is 15.1. The molecular formula is C25H24N2O3. The standard InChI is InChI=1S/C25H24N2O3/c1-18(29)27-23-12-9-19(10-13-23)11-14-25(30)22-3-2-4-24(15-22)26-16-20-5-7-21(17-28)8-6-20/h2-15,26,28H,16-17H2,1H3,(H,27,29)/b14-11+. The molecule has 5 heteroatoms. The number of aliphatic hydroxyl groups excluding tert-OH is 1. The molecule has 0 fully saturated rings. The first-order valence-electron chi connectivity index (χ1n) is 9.66. The van der Waals surface area contributed by atoms with Crippen LogP contribution in [-0.4, -0.2) is 16.8 Å². The van der Waals surface area contributed by atoms with Crippen LogP contribution in [0.3, 0.4) is 0 Å². The van der Waals surface area contributed by atoms with Crippen LogP contribution in [-0.2, 0) is 17.9 Å². The van der Waals surface area contributed by atoms with Crippen molar-refractivity contribution in [1.29, 1.82) is 0 Å². The van der Waals surface area contributed by atoms with Gasteiger partial charge in [0.2, 0.25) is 5.91 Å². The molecule has 3 aromatic rings. The van der Waals surface area contributed by atoms with Gasteiger partial charge in [0.15, 0.2) is 5.78 Å². The van der Waals surface area contributed by atoms with E-state index in [0.717, 1.165) is 28.1 Å². The van der Waals surface area contributed by atoms with Crippen LogP contribution in [0.15, 0.2) is 78.9 Å². The lowest BCUT2D eigenvalue weighted by atomic mass is 10.1. The normalized spacial score (nSPS) is 10.7. The first-order chi connectivity index (χ1) is 14.5. The fourth-order valence-electron chi connectivity index (χ4n) is 2.90. The Balaban J connectivity index is 1.60. The summed E-state index contributed by atoms with van der Waals surface area (Å²) in [5.74, 6) is -0.207. The maximum atomic E-state index is 12.5. The van der Waals surface area contributed by atoms with Crippen molar-refractivity contribution in [1.82, 2.24) is 0 Å². The topological polar surface area (TPSA) is 78.4 Å². The predicted octanol–water partition coefficient (Wildman–Crippen LogP) is 4.65. The van der Waals surface area contributed by atoms with E-state index in [1.165, 1.54) is 6.92 Å². The largest absolute Gasteiger partial charge is 0.392 e. The Labute approximate surface area is 176 Å². The maximum absolute atomic E-state index is 12.5. The molecular weight excluding hydrogens is 376 g/mol. The van der Waals surface area contributed by atoms with Crippen LogP contribution in [0, 0.1) is 0 Å². The Morgan fingerprint density at radius 1 is 0.900 bits per heavy atom. The lowest BCUT2D eigenvalue weighted by Crippen LogP contribution is -2.05. The van der Waals surface area contributed by atoms with Crippen LogP contribution in [0.25, 0.3) is 6.08 Å². The molecule has 5 nitrogen and oxygen atoms in total. The minimum atomic E-state index is -0.121. The molecule has 0 saturated heterocycles. The molecule has 0 aromatic heterocycles. The Kier molecular flexibility index (Phi) is 7.14. The smallest absolute Gasteiger partial charge is 0.221 e. The maximum Gasteiger partial charge on any atom is 0.221 e. The van der Waals surface area contributed by atoms with Gasteiger partial charge >= 0.3 is 0 Å². The number of ketones is 1. The molecule has 0 spiro atoms. The van der Waals surface area contributed by atoms with E-state index < -0.39 is 0 Å². The third-order valence-corrected chi connectivity index (χ3v) is 4.51. The second-order valence-electron chi connectivity index (χ2n) is 6.91. The summed E-state index contributed by atoms with van der Waals surface area (Å²) in [7, 11) is 0. The highest BCUT2D eigenvalue weighted by Crippen LogP contribution is 2.15. The number of anilines is 2. The molecule has 0 heterocycles. The van der Waals surface area contributed by atoms with E-state index in [2.05, 4.69) is 10.6 Å². The quantitative estimate of drug-likeness (QED) is 0.380. The predicted molar refractivity (Wildman–Crippen MR) is 120 cm³/mol. The minimum absolute atomic E-state index is 0.0326. The minimum Gasteiger partial charge on any atom is -0.392 e. The summed E-state index contributed by atoms with van der Waals surface area (Å²) in [6, 6.07) is 22.4. The lowest BCUT2D eigenvalue weighted by Gasteiger charge is -2.08. The number of benzene rings is 3. The second-order valence-corrected chi connectivity index (χ2v) is 6.91. The second kappa shape index (κ2) is 10.2. The van der Waals surface area contributed by atoms with Gasteiger partial charge in [0, 0.05) is 30.4 Å². The molecule has 1 amide bonds. The van der Waals surface area contributed by atoms with E-state index in [0.29, 0.717) is 12.1 Å². The van der Waals surface area contributed by atoms with Crippen molar-refractivity contribution in [2.24, 2.45) is 0 Å². The molecule has 3 aromatic carbocycles. The third-order valence-electron chi connectivity index (χ3n) is 4.51. The SMILES string of the molecule is CC(=O)Nc1ccc(/C=C/C(=O)c2cccc(NCc3ccc(CO)cc3)c2)cc1. The summed E-state index contributed by atoms with van der Waals surface area (Å²) in [6.45, 7) is 2.12. The van der Waals surface area contributed by atoms with Crippen LogP contribution in [0.5, 0.6) is 0 Å². The van der Waals surface area contributed by atoms with Gasteiger partial charge in [0.1, 0.15) is 0 Å². The van der Waals surface area contributed by atoms with Crippen LogP contribution in [0.2, 0.25) is 0 Å².